The third kappa shape index (κ3) is 4.70. The van der Waals surface area contributed by atoms with E-state index >= 15 is 0 Å². The number of hydrogen-bond acceptors (Lipinski definition) is 3. The lowest BCUT2D eigenvalue weighted by atomic mass is 10.1. The fourth-order valence-electron chi connectivity index (χ4n) is 2.74. The summed E-state index contributed by atoms with van der Waals surface area (Å²) in [6, 6.07) is 15.1. The molecule has 2 amide bonds. The summed E-state index contributed by atoms with van der Waals surface area (Å²) in [7, 11) is 1.58. The normalized spacial score (nSPS) is 10.1. The highest BCUT2D eigenvalue weighted by atomic mass is 16.2. The van der Waals surface area contributed by atoms with Crippen molar-refractivity contribution in [3.8, 4) is 6.07 Å². The van der Waals surface area contributed by atoms with Crippen molar-refractivity contribution in [1.29, 1.82) is 5.26 Å². The predicted octanol–water partition coefficient (Wildman–Crippen LogP) is 3.15. The van der Waals surface area contributed by atoms with Crippen LogP contribution in [0.1, 0.15) is 33.5 Å². The summed E-state index contributed by atoms with van der Waals surface area (Å²) in [5.74, 6) is -0.226. The van der Waals surface area contributed by atoms with Crippen molar-refractivity contribution >= 4 is 17.5 Å². The molecule has 0 saturated heterocycles. The van der Waals surface area contributed by atoms with Crippen LogP contribution in [0.4, 0.5) is 5.69 Å². The molecule has 0 bridgehead atoms. The van der Waals surface area contributed by atoms with Crippen molar-refractivity contribution in [2.45, 2.75) is 26.7 Å². The maximum absolute atomic E-state index is 12.9. The van der Waals surface area contributed by atoms with Crippen LogP contribution in [0, 0.1) is 25.2 Å². The summed E-state index contributed by atoms with van der Waals surface area (Å²) in [5.41, 5.74) is 4.29. The number of nitrogens with one attached hydrogen (secondary N) is 1. The van der Waals surface area contributed by atoms with Crippen molar-refractivity contribution in [1.82, 2.24) is 5.32 Å². The lowest BCUT2D eigenvalue weighted by Gasteiger charge is -2.24. The average Bonchev–Trinajstić information content (AvgIpc) is 2.64. The molecule has 0 spiro atoms. The smallest absolute Gasteiger partial charge is 0.251 e. The van der Waals surface area contributed by atoms with Gasteiger partial charge in [0.05, 0.1) is 18.9 Å². The van der Waals surface area contributed by atoms with Gasteiger partial charge in [-0.15, -0.1) is 0 Å². The maximum atomic E-state index is 12.9. The van der Waals surface area contributed by atoms with Crippen molar-refractivity contribution in [2.24, 2.45) is 0 Å². The maximum Gasteiger partial charge on any atom is 0.251 e. The Morgan fingerprint density at radius 1 is 1.12 bits per heavy atom. The minimum atomic E-state index is -0.158. The van der Waals surface area contributed by atoms with Crippen LogP contribution in [0.25, 0.3) is 0 Å². The van der Waals surface area contributed by atoms with E-state index < -0.39 is 0 Å². The number of benzene rings is 2. The van der Waals surface area contributed by atoms with E-state index in [4.69, 9.17) is 5.26 Å². The zero-order valence-electron chi connectivity index (χ0n) is 15.4. The predicted molar refractivity (Wildman–Crippen MR) is 102 cm³/mol. The van der Waals surface area contributed by atoms with Gasteiger partial charge in [-0.1, -0.05) is 24.3 Å². The highest BCUT2D eigenvalue weighted by molar-refractivity contribution is 5.96. The molecular weight excluding hydrogens is 326 g/mol. The molecule has 5 heteroatoms. The minimum absolute atomic E-state index is 0.0679. The molecule has 0 aromatic heterocycles. The number of carbonyl (C=O) groups is 2. The van der Waals surface area contributed by atoms with Gasteiger partial charge in [-0.2, -0.15) is 5.26 Å². The summed E-state index contributed by atoms with van der Waals surface area (Å²) in [6.07, 6.45) is 0.488. The highest BCUT2D eigenvalue weighted by Gasteiger charge is 2.18. The van der Waals surface area contributed by atoms with E-state index in [9.17, 15) is 9.59 Å². The molecule has 0 unspecified atom stereocenters. The Morgan fingerprint density at radius 2 is 1.81 bits per heavy atom. The van der Waals surface area contributed by atoms with Gasteiger partial charge in [-0.3, -0.25) is 9.59 Å². The molecule has 0 aliphatic rings. The fourth-order valence-corrected chi connectivity index (χ4v) is 2.74. The van der Waals surface area contributed by atoms with Crippen molar-refractivity contribution in [3.63, 3.8) is 0 Å². The second kappa shape index (κ2) is 8.82. The Kier molecular flexibility index (Phi) is 6.51. The fraction of sp³-hybridized carbons (Fsp3) is 0.286. The Labute approximate surface area is 154 Å². The highest BCUT2D eigenvalue weighted by Crippen LogP contribution is 2.23. The monoisotopic (exact) mass is 349 g/mol. The minimum Gasteiger partial charge on any atom is -0.355 e. The molecule has 0 aliphatic carbocycles. The summed E-state index contributed by atoms with van der Waals surface area (Å²) in [4.78, 5) is 26.2. The van der Waals surface area contributed by atoms with Crippen molar-refractivity contribution in [3.05, 3.63) is 64.7 Å². The molecule has 0 fully saturated rings. The van der Waals surface area contributed by atoms with Crippen LogP contribution in [0.2, 0.25) is 0 Å². The van der Waals surface area contributed by atoms with Crippen LogP contribution in [0.3, 0.4) is 0 Å². The molecule has 134 valence electrons. The molecule has 0 aliphatic heterocycles. The van der Waals surface area contributed by atoms with E-state index in [1.807, 2.05) is 32.0 Å². The molecule has 1 N–H and O–H groups in total. The lowest BCUT2D eigenvalue weighted by Crippen LogP contribution is -2.33. The molecule has 5 nitrogen and oxygen atoms in total. The van der Waals surface area contributed by atoms with Gasteiger partial charge in [-0.25, -0.2) is 0 Å². The van der Waals surface area contributed by atoms with Gasteiger partial charge in [0.2, 0.25) is 5.91 Å². The first kappa shape index (κ1) is 19.2. The van der Waals surface area contributed by atoms with Crippen LogP contribution >= 0.6 is 0 Å². The third-order valence-corrected chi connectivity index (χ3v) is 4.20. The van der Waals surface area contributed by atoms with Crippen LogP contribution in [0.5, 0.6) is 0 Å². The van der Waals surface area contributed by atoms with Crippen LogP contribution in [-0.4, -0.2) is 25.4 Å². The topological polar surface area (TPSA) is 73.2 Å². The molecule has 2 aromatic rings. The molecule has 0 radical (unpaired) electrons. The largest absolute Gasteiger partial charge is 0.355 e. The average molecular weight is 349 g/mol. The first-order valence-electron chi connectivity index (χ1n) is 8.52. The Morgan fingerprint density at radius 3 is 2.42 bits per heavy atom. The van der Waals surface area contributed by atoms with E-state index in [0.29, 0.717) is 12.1 Å². The third-order valence-electron chi connectivity index (χ3n) is 4.20. The first-order valence-corrected chi connectivity index (χ1v) is 8.52. The van der Waals surface area contributed by atoms with Gasteiger partial charge in [0.1, 0.15) is 0 Å². The first-order chi connectivity index (χ1) is 12.5. The number of nitriles is 1. The Hall–Kier alpha value is -3.13. The number of nitrogens with zero attached hydrogens (tertiary/aromatic N) is 2. The van der Waals surface area contributed by atoms with E-state index in [-0.39, 0.29) is 24.7 Å². The molecule has 0 atom stereocenters. The number of carbonyl (C=O) groups excluding carboxylic acids is 2. The zero-order chi connectivity index (χ0) is 19.1. The van der Waals surface area contributed by atoms with Gasteiger partial charge in [0.25, 0.3) is 5.91 Å². The lowest BCUT2D eigenvalue weighted by molar-refractivity contribution is -0.118. The Balaban J connectivity index is 2.23. The molecule has 2 rings (SSSR count). The molecule has 2 aromatic carbocycles. The van der Waals surface area contributed by atoms with E-state index in [2.05, 4.69) is 11.4 Å². The molecular formula is C21H23N3O2. The van der Waals surface area contributed by atoms with Gasteiger partial charge in [-0.05, 0) is 48.7 Å². The zero-order valence-corrected chi connectivity index (χ0v) is 15.4. The summed E-state index contributed by atoms with van der Waals surface area (Å²) < 4.78 is 0. The standard InChI is InChI=1S/C21H23N3O2/c1-15-5-6-16(2)19(13-15)24(12-4-11-22)20(25)14-17-7-9-18(10-8-17)21(26)23-3/h5-10,13H,4,12,14H2,1-3H3,(H,23,26). The van der Waals surface area contributed by atoms with Crippen LogP contribution < -0.4 is 10.2 Å². The van der Waals surface area contributed by atoms with Gasteiger partial charge < -0.3 is 10.2 Å². The molecule has 0 saturated carbocycles. The summed E-state index contributed by atoms with van der Waals surface area (Å²) in [6.45, 7) is 4.29. The quantitative estimate of drug-likeness (QED) is 0.870. The number of rotatable bonds is 6. The van der Waals surface area contributed by atoms with Crippen LogP contribution in [0.15, 0.2) is 42.5 Å². The van der Waals surface area contributed by atoms with E-state index in [1.54, 1.807) is 36.2 Å². The van der Waals surface area contributed by atoms with Crippen LogP contribution in [-0.2, 0) is 11.2 Å². The SMILES string of the molecule is CNC(=O)c1ccc(CC(=O)N(CCC#N)c2cc(C)ccc2C)cc1. The van der Waals surface area contributed by atoms with E-state index in [0.717, 1.165) is 22.4 Å². The van der Waals surface area contributed by atoms with Crippen molar-refractivity contribution < 1.29 is 9.59 Å². The Bertz CT molecular complexity index is 835. The van der Waals surface area contributed by atoms with Gasteiger partial charge in [0.15, 0.2) is 0 Å². The summed E-state index contributed by atoms with van der Waals surface area (Å²) >= 11 is 0. The second-order valence-corrected chi connectivity index (χ2v) is 6.20. The second-order valence-electron chi connectivity index (χ2n) is 6.20. The number of aryl methyl sites for hydroxylation is 2. The van der Waals surface area contributed by atoms with Gasteiger partial charge >= 0.3 is 0 Å². The molecule has 0 heterocycles. The summed E-state index contributed by atoms with van der Waals surface area (Å²) in [5, 5.41) is 11.5. The number of amides is 2. The molecule has 26 heavy (non-hydrogen) atoms. The van der Waals surface area contributed by atoms with E-state index in [1.165, 1.54) is 0 Å². The number of anilines is 1. The number of hydrogen-bond donors (Lipinski definition) is 1. The van der Waals surface area contributed by atoms with Gasteiger partial charge in [0, 0.05) is 24.8 Å². The van der Waals surface area contributed by atoms with Crippen molar-refractivity contribution in [2.75, 3.05) is 18.5 Å².